The normalized spacial score (nSPS) is 17.1. The highest BCUT2D eigenvalue weighted by Crippen LogP contribution is 2.13. The second-order valence-corrected chi connectivity index (χ2v) is 4.91. The third-order valence-corrected chi connectivity index (χ3v) is 3.53. The molecule has 0 unspecified atom stereocenters. The smallest absolute Gasteiger partial charge is 0.0702 e. The summed E-state index contributed by atoms with van der Waals surface area (Å²) >= 11 is 0. The zero-order valence-corrected chi connectivity index (χ0v) is 10.6. The first-order valence-corrected chi connectivity index (χ1v) is 6.74. The van der Waals surface area contributed by atoms with Gasteiger partial charge in [0.05, 0.1) is 5.52 Å². The Morgan fingerprint density at radius 1 is 1.11 bits per heavy atom. The van der Waals surface area contributed by atoms with Crippen molar-refractivity contribution in [3.63, 3.8) is 0 Å². The number of hydrazine groups is 1. The predicted octanol–water partition coefficient (Wildman–Crippen LogP) is 2.73. The number of hydrogen-bond acceptors (Lipinski definition) is 3. The van der Waals surface area contributed by atoms with Crippen molar-refractivity contribution in [2.24, 2.45) is 0 Å². The SMILES string of the molecule is c1cnc2ccc(CNN3CCCCC3)cc2c1. The van der Waals surface area contributed by atoms with Crippen LogP contribution in [0.5, 0.6) is 0 Å². The summed E-state index contributed by atoms with van der Waals surface area (Å²) in [6.45, 7) is 3.26. The molecular formula is C15H19N3. The van der Waals surface area contributed by atoms with Crippen molar-refractivity contribution in [2.45, 2.75) is 25.8 Å². The zero-order valence-electron chi connectivity index (χ0n) is 10.6. The minimum atomic E-state index is 0.908. The van der Waals surface area contributed by atoms with Gasteiger partial charge in [-0.2, -0.15) is 0 Å². The van der Waals surface area contributed by atoms with Crippen LogP contribution in [0.1, 0.15) is 24.8 Å². The Balaban J connectivity index is 1.66. The average molecular weight is 241 g/mol. The quantitative estimate of drug-likeness (QED) is 0.895. The molecule has 2 heterocycles. The summed E-state index contributed by atoms with van der Waals surface area (Å²) in [5.41, 5.74) is 5.90. The van der Waals surface area contributed by atoms with Gasteiger partial charge in [0.25, 0.3) is 0 Å². The lowest BCUT2D eigenvalue weighted by Crippen LogP contribution is -2.41. The minimum Gasteiger partial charge on any atom is -0.256 e. The van der Waals surface area contributed by atoms with Crippen molar-refractivity contribution in [3.8, 4) is 0 Å². The summed E-state index contributed by atoms with van der Waals surface area (Å²) < 4.78 is 0. The van der Waals surface area contributed by atoms with Crippen LogP contribution in [-0.4, -0.2) is 23.1 Å². The number of benzene rings is 1. The molecule has 1 fully saturated rings. The van der Waals surface area contributed by atoms with Gasteiger partial charge in [0, 0.05) is 31.2 Å². The van der Waals surface area contributed by atoms with Crippen molar-refractivity contribution in [1.29, 1.82) is 0 Å². The third-order valence-electron chi connectivity index (χ3n) is 3.53. The lowest BCUT2D eigenvalue weighted by atomic mass is 10.1. The second kappa shape index (κ2) is 5.46. The summed E-state index contributed by atoms with van der Waals surface area (Å²) in [7, 11) is 0. The van der Waals surface area contributed by atoms with Crippen LogP contribution < -0.4 is 5.43 Å². The number of hydrogen-bond donors (Lipinski definition) is 1. The lowest BCUT2D eigenvalue weighted by Gasteiger charge is -2.27. The highest BCUT2D eigenvalue weighted by Gasteiger charge is 2.08. The maximum absolute atomic E-state index is 4.34. The third kappa shape index (κ3) is 2.68. The van der Waals surface area contributed by atoms with Crippen molar-refractivity contribution in [3.05, 3.63) is 42.1 Å². The molecule has 0 bridgehead atoms. The molecule has 3 heteroatoms. The summed E-state index contributed by atoms with van der Waals surface area (Å²) in [6, 6.07) is 10.6. The van der Waals surface area contributed by atoms with Crippen molar-refractivity contribution >= 4 is 10.9 Å². The van der Waals surface area contributed by atoms with Crippen molar-refractivity contribution < 1.29 is 0 Å². The van der Waals surface area contributed by atoms with E-state index in [1.54, 1.807) is 0 Å². The van der Waals surface area contributed by atoms with E-state index in [1.807, 2.05) is 12.3 Å². The molecule has 1 aromatic heterocycles. The molecule has 1 aliphatic heterocycles. The Bertz CT molecular complexity index is 518. The fraction of sp³-hybridized carbons (Fsp3) is 0.400. The molecule has 0 radical (unpaired) electrons. The number of rotatable bonds is 3. The molecule has 0 aliphatic carbocycles. The van der Waals surface area contributed by atoms with Gasteiger partial charge in [-0.15, -0.1) is 0 Å². The molecule has 1 saturated heterocycles. The number of pyridine rings is 1. The highest BCUT2D eigenvalue weighted by molar-refractivity contribution is 5.78. The molecule has 1 N–H and O–H groups in total. The van der Waals surface area contributed by atoms with E-state index in [2.05, 4.69) is 39.7 Å². The van der Waals surface area contributed by atoms with E-state index in [0.717, 1.165) is 12.1 Å². The summed E-state index contributed by atoms with van der Waals surface area (Å²) in [5, 5.41) is 3.56. The van der Waals surface area contributed by atoms with E-state index in [4.69, 9.17) is 0 Å². The van der Waals surface area contributed by atoms with Gasteiger partial charge in [-0.25, -0.2) is 5.01 Å². The molecular weight excluding hydrogens is 222 g/mol. The van der Waals surface area contributed by atoms with Gasteiger partial charge in [0.2, 0.25) is 0 Å². The van der Waals surface area contributed by atoms with Gasteiger partial charge in [-0.05, 0) is 36.6 Å². The van der Waals surface area contributed by atoms with Crippen LogP contribution in [0, 0.1) is 0 Å². The van der Waals surface area contributed by atoms with E-state index in [-0.39, 0.29) is 0 Å². The Morgan fingerprint density at radius 2 is 2.00 bits per heavy atom. The largest absolute Gasteiger partial charge is 0.256 e. The summed E-state index contributed by atoms with van der Waals surface area (Å²) in [4.78, 5) is 4.34. The Morgan fingerprint density at radius 3 is 2.89 bits per heavy atom. The fourth-order valence-corrected chi connectivity index (χ4v) is 2.49. The zero-order chi connectivity index (χ0) is 12.2. The van der Waals surface area contributed by atoms with Crippen LogP contribution in [0.4, 0.5) is 0 Å². The van der Waals surface area contributed by atoms with E-state index < -0.39 is 0 Å². The standard InChI is InChI=1S/C15H19N3/c1-2-9-18(10-3-1)17-12-13-6-7-15-14(11-13)5-4-8-16-15/h4-8,11,17H,1-3,9-10,12H2. The Kier molecular flexibility index (Phi) is 3.53. The summed E-state index contributed by atoms with van der Waals surface area (Å²) in [6.07, 6.45) is 5.84. The van der Waals surface area contributed by atoms with E-state index >= 15 is 0 Å². The highest BCUT2D eigenvalue weighted by atomic mass is 15.5. The van der Waals surface area contributed by atoms with Crippen LogP contribution in [0.25, 0.3) is 10.9 Å². The Hall–Kier alpha value is -1.45. The number of aromatic nitrogens is 1. The van der Waals surface area contributed by atoms with Gasteiger partial charge in [-0.3, -0.25) is 10.4 Å². The monoisotopic (exact) mass is 241 g/mol. The Labute approximate surface area is 108 Å². The maximum Gasteiger partial charge on any atom is 0.0702 e. The number of piperidine rings is 1. The first kappa shape index (κ1) is 11.6. The van der Waals surface area contributed by atoms with Gasteiger partial charge in [0.1, 0.15) is 0 Å². The molecule has 1 aliphatic rings. The fourth-order valence-electron chi connectivity index (χ4n) is 2.49. The topological polar surface area (TPSA) is 28.2 Å². The second-order valence-electron chi connectivity index (χ2n) is 4.91. The van der Waals surface area contributed by atoms with Crippen LogP contribution in [0.3, 0.4) is 0 Å². The predicted molar refractivity (Wildman–Crippen MR) is 74.0 cm³/mol. The molecule has 0 saturated carbocycles. The van der Waals surface area contributed by atoms with Crippen LogP contribution in [0.2, 0.25) is 0 Å². The first-order chi connectivity index (χ1) is 8.92. The molecule has 3 nitrogen and oxygen atoms in total. The van der Waals surface area contributed by atoms with Crippen LogP contribution in [-0.2, 0) is 6.54 Å². The first-order valence-electron chi connectivity index (χ1n) is 6.74. The molecule has 18 heavy (non-hydrogen) atoms. The van der Waals surface area contributed by atoms with E-state index in [1.165, 1.54) is 43.3 Å². The number of nitrogens with one attached hydrogen (secondary N) is 1. The van der Waals surface area contributed by atoms with Crippen molar-refractivity contribution in [2.75, 3.05) is 13.1 Å². The van der Waals surface area contributed by atoms with Crippen LogP contribution >= 0.6 is 0 Å². The van der Waals surface area contributed by atoms with Gasteiger partial charge in [0.15, 0.2) is 0 Å². The van der Waals surface area contributed by atoms with Crippen LogP contribution in [0.15, 0.2) is 36.5 Å². The molecule has 1 aromatic carbocycles. The summed E-state index contributed by atoms with van der Waals surface area (Å²) in [5.74, 6) is 0. The van der Waals surface area contributed by atoms with Crippen molar-refractivity contribution in [1.82, 2.24) is 15.4 Å². The van der Waals surface area contributed by atoms with Gasteiger partial charge in [-0.1, -0.05) is 18.6 Å². The number of nitrogens with zero attached hydrogens (tertiary/aromatic N) is 2. The molecule has 2 aromatic rings. The number of fused-ring (bicyclic) bond motifs is 1. The molecule has 0 atom stereocenters. The molecule has 3 rings (SSSR count). The molecule has 0 spiro atoms. The van der Waals surface area contributed by atoms with E-state index in [9.17, 15) is 0 Å². The van der Waals surface area contributed by atoms with Gasteiger partial charge >= 0.3 is 0 Å². The molecule has 94 valence electrons. The average Bonchev–Trinajstić information content (AvgIpc) is 2.46. The minimum absolute atomic E-state index is 0.908. The molecule has 0 amide bonds. The maximum atomic E-state index is 4.34. The van der Waals surface area contributed by atoms with E-state index in [0.29, 0.717) is 0 Å². The lowest BCUT2D eigenvalue weighted by molar-refractivity contribution is 0.151. The van der Waals surface area contributed by atoms with Gasteiger partial charge < -0.3 is 0 Å².